The fourth-order valence-electron chi connectivity index (χ4n) is 1.73. The lowest BCUT2D eigenvalue weighted by Gasteiger charge is -2.15. The maximum atomic E-state index is 13.4. The van der Waals surface area contributed by atoms with Crippen molar-refractivity contribution >= 4 is 0 Å². The number of hydrogen-bond acceptors (Lipinski definition) is 2. The van der Waals surface area contributed by atoms with Crippen LogP contribution in [0.1, 0.15) is 11.5 Å². The first-order chi connectivity index (χ1) is 8.81. The topological polar surface area (TPSA) is 29.5 Å². The quantitative estimate of drug-likeness (QED) is 0.878. The minimum Gasteiger partial charge on any atom is -0.490 e. The Kier molecular flexibility index (Phi) is 4.31. The van der Waals surface area contributed by atoms with Gasteiger partial charge < -0.3 is 9.84 Å². The van der Waals surface area contributed by atoms with Gasteiger partial charge in [-0.05, 0) is 17.7 Å². The molecule has 0 saturated heterocycles. The highest BCUT2D eigenvalue weighted by Gasteiger charge is 2.12. The van der Waals surface area contributed by atoms with Gasteiger partial charge in [-0.3, -0.25) is 0 Å². The lowest BCUT2D eigenvalue weighted by molar-refractivity contribution is 0.201. The zero-order valence-electron chi connectivity index (χ0n) is 9.92. The third kappa shape index (κ3) is 3.08. The van der Waals surface area contributed by atoms with Gasteiger partial charge in [0.2, 0.25) is 0 Å². The largest absolute Gasteiger partial charge is 0.490 e. The van der Waals surface area contributed by atoms with Crippen LogP contribution in [0, 0.1) is 5.82 Å². The zero-order valence-corrected chi connectivity index (χ0v) is 9.92. The molecule has 0 aromatic heterocycles. The van der Waals surface area contributed by atoms with Crippen LogP contribution < -0.4 is 4.74 Å². The smallest absolute Gasteiger partial charge is 0.165 e. The molecule has 18 heavy (non-hydrogen) atoms. The van der Waals surface area contributed by atoms with Crippen LogP contribution in [0.2, 0.25) is 0 Å². The average Bonchev–Trinajstić information content (AvgIpc) is 2.42. The molecule has 0 aliphatic heterocycles. The highest BCUT2D eigenvalue weighted by molar-refractivity contribution is 5.24. The van der Waals surface area contributed by atoms with Crippen molar-refractivity contribution in [2.24, 2.45) is 0 Å². The monoisotopic (exact) mass is 246 g/mol. The molecule has 2 aromatic carbocycles. The van der Waals surface area contributed by atoms with Gasteiger partial charge in [-0.1, -0.05) is 42.5 Å². The van der Waals surface area contributed by atoms with E-state index in [9.17, 15) is 9.50 Å². The Balaban J connectivity index is 2.02. The van der Waals surface area contributed by atoms with Gasteiger partial charge in [0.25, 0.3) is 0 Å². The van der Waals surface area contributed by atoms with E-state index in [2.05, 4.69) is 0 Å². The molecule has 2 nitrogen and oxygen atoms in total. The molecule has 0 bridgehead atoms. The summed E-state index contributed by atoms with van der Waals surface area (Å²) in [7, 11) is 0. The number of aliphatic hydroxyl groups is 1. The van der Waals surface area contributed by atoms with Crippen molar-refractivity contribution in [3.8, 4) is 5.75 Å². The normalized spacial score (nSPS) is 12.1. The third-order valence-corrected chi connectivity index (χ3v) is 2.77. The molecule has 0 aliphatic carbocycles. The van der Waals surface area contributed by atoms with Crippen LogP contribution in [0.5, 0.6) is 5.75 Å². The second-order valence-electron chi connectivity index (χ2n) is 4.03. The third-order valence-electron chi connectivity index (χ3n) is 2.77. The van der Waals surface area contributed by atoms with E-state index >= 15 is 0 Å². The first-order valence-corrected chi connectivity index (χ1v) is 5.84. The Morgan fingerprint density at radius 2 is 1.67 bits per heavy atom. The van der Waals surface area contributed by atoms with Gasteiger partial charge in [-0.15, -0.1) is 0 Å². The molecule has 0 aliphatic rings. The standard InChI is InChI=1S/C15H15FO2/c16-14-8-4-5-9-15(14)18-11-13(10-17)12-6-2-1-3-7-12/h1-9,13,17H,10-11H2. The van der Waals surface area contributed by atoms with Crippen molar-refractivity contribution in [3.05, 3.63) is 66.0 Å². The molecule has 1 N–H and O–H groups in total. The fraction of sp³-hybridized carbons (Fsp3) is 0.200. The number of benzene rings is 2. The predicted molar refractivity (Wildman–Crippen MR) is 68.2 cm³/mol. The van der Waals surface area contributed by atoms with E-state index < -0.39 is 0 Å². The molecule has 0 radical (unpaired) electrons. The lowest BCUT2D eigenvalue weighted by atomic mass is 10.0. The van der Waals surface area contributed by atoms with E-state index in [1.807, 2.05) is 30.3 Å². The van der Waals surface area contributed by atoms with Crippen LogP contribution in [-0.4, -0.2) is 18.3 Å². The summed E-state index contributed by atoms with van der Waals surface area (Å²) in [5.74, 6) is -0.320. The first-order valence-electron chi connectivity index (χ1n) is 5.84. The van der Waals surface area contributed by atoms with Gasteiger partial charge in [0, 0.05) is 5.92 Å². The predicted octanol–water partition coefficient (Wildman–Crippen LogP) is 2.98. The molecule has 3 heteroatoms. The number of ether oxygens (including phenoxy) is 1. The zero-order chi connectivity index (χ0) is 12.8. The SMILES string of the molecule is OCC(COc1ccccc1F)c1ccccc1. The van der Waals surface area contributed by atoms with Gasteiger partial charge in [0.1, 0.15) is 0 Å². The second kappa shape index (κ2) is 6.17. The van der Waals surface area contributed by atoms with Crippen LogP contribution in [-0.2, 0) is 0 Å². The summed E-state index contributed by atoms with van der Waals surface area (Å²) < 4.78 is 18.8. The van der Waals surface area contributed by atoms with Crippen molar-refractivity contribution in [2.45, 2.75) is 5.92 Å². The van der Waals surface area contributed by atoms with E-state index in [0.29, 0.717) is 0 Å². The summed E-state index contributed by atoms with van der Waals surface area (Å²) in [6.45, 7) is 0.222. The summed E-state index contributed by atoms with van der Waals surface area (Å²) in [5.41, 5.74) is 0.983. The fourth-order valence-corrected chi connectivity index (χ4v) is 1.73. The summed E-state index contributed by atoms with van der Waals surface area (Å²) in [6, 6.07) is 15.8. The molecule has 0 saturated carbocycles. The Bertz CT molecular complexity index is 485. The van der Waals surface area contributed by atoms with Crippen LogP contribution in [0.4, 0.5) is 4.39 Å². The summed E-state index contributed by atoms with van der Waals surface area (Å²) in [5, 5.41) is 9.35. The molecular formula is C15H15FO2. The van der Waals surface area contributed by atoms with Gasteiger partial charge in [0.05, 0.1) is 13.2 Å². The number of rotatable bonds is 5. The van der Waals surface area contributed by atoms with Crippen molar-refractivity contribution in [1.29, 1.82) is 0 Å². The number of para-hydroxylation sites is 1. The maximum absolute atomic E-state index is 13.4. The molecule has 1 unspecified atom stereocenters. The molecule has 2 aromatic rings. The summed E-state index contributed by atoms with van der Waals surface area (Å²) in [4.78, 5) is 0. The van der Waals surface area contributed by atoms with E-state index in [1.165, 1.54) is 6.07 Å². The van der Waals surface area contributed by atoms with Gasteiger partial charge in [0.15, 0.2) is 11.6 Å². The molecule has 0 spiro atoms. The molecule has 2 rings (SSSR count). The van der Waals surface area contributed by atoms with Gasteiger partial charge >= 0.3 is 0 Å². The molecule has 0 heterocycles. The van der Waals surface area contributed by atoms with Crippen molar-refractivity contribution in [2.75, 3.05) is 13.2 Å². The van der Waals surface area contributed by atoms with Crippen LogP contribution in [0.15, 0.2) is 54.6 Å². The van der Waals surface area contributed by atoms with Crippen LogP contribution >= 0.6 is 0 Å². The Morgan fingerprint density at radius 1 is 1.00 bits per heavy atom. The van der Waals surface area contributed by atoms with Crippen LogP contribution in [0.3, 0.4) is 0 Å². The van der Waals surface area contributed by atoms with E-state index in [-0.39, 0.29) is 30.7 Å². The number of hydrogen-bond donors (Lipinski definition) is 1. The minimum atomic E-state index is -0.387. The minimum absolute atomic E-state index is 0.0293. The summed E-state index contributed by atoms with van der Waals surface area (Å²) >= 11 is 0. The molecule has 94 valence electrons. The highest BCUT2D eigenvalue weighted by atomic mass is 19.1. The van der Waals surface area contributed by atoms with E-state index in [0.717, 1.165) is 5.56 Å². The molecule has 0 amide bonds. The Labute approximate surface area is 106 Å². The maximum Gasteiger partial charge on any atom is 0.165 e. The molecular weight excluding hydrogens is 231 g/mol. The Hall–Kier alpha value is -1.87. The number of halogens is 1. The van der Waals surface area contributed by atoms with Gasteiger partial charge in [-0.25, -0.2) is 4.39 Å². The van der Waals surface area contributed by atoms with Crippen molar-refractivity contribution < 1.29 is 14.2 Å². The average molecular weight is 246 g/mol. The molecule has 1 atom stereocenters. The van der Waals surface area contributed by atoms with Crippen molar-refractivity contribution in [3.63, 3.8) is 0 Å². The van der Waals surface area contributed by atoms with Crippen molar-refractivity contribution in [1.82, 2.24) is 0 Å². The molecule has 0 fully saturated rings. The lowest BCUT2D eigenvalue weighted by Crippen LogP contribution is -2.14. The highest BCUT2D eigenvalue weighted by Crippen LogP contribution is 2.20. The van der Waals surface area contributed by atoms with Crippen LogP contribution in [0.25, 0.3) is 0 Å². The summed E-state index contributed by atoms with van der Waals surface area (Å²) in [6.07, 6.45) is 0. The first kappa shape index (κ1) is 12.6. The Morgan fingerprint density at radius 3 is 2.33 bits per heavy atom. The van der Waals surface area contributed by atoms with Gasteiger partial charge in [-0.2, -0.15) is 0 Å². The van der Waals surface area contributed by atoms with E-state index in [4.69, 9.17) is 4.74 Å². The van der Waals surface area contributed by atoms with E-state index in [1.54, 1.807) is 18.2 Å². The second-order valence-corrected chi connectivity index (χ2v) is 4.03. The number of aliphatic hydroxyl groups excluding tert-OH is 1.